The molecule has 0 saturated heterocycles. The first-order valence-electron chi connectivity index (χ1n) is 6.91. The van der Waals surface area contributed by atoms with E-state index in [1.165, 1.54) is 0 Å². The molecule has 0 radical (unpaired) electrons. The summed E-state index contributed by atoms with van der Waals surface area (Å²) in [7, 11) is 0. The summed E-state index contributed by atoms with van der Waals surface area (Å²) >= 11 is 0. The molecule has 0 spiro atoms. The Hall–Kier alpha value is -2.32. The third-order valence-corrected chi connectivity index (χ3v) is 3.49. The number of hydrogen-bond acceptors (Lipinski definition) is 4. The number of amides is 1. The van der Waals surface area contributed by atoms with Crippen molar-refractivity contribution in [1.82, 2.24) is 5.32 Å². The van der Waals surface area contributed by atoms with Gasteiger partial charge >= 0.3 is 0 Å². The van der Waals surface area contributed by atoms with Gasteiger partial charge in [0.15, 0.2) is 0 Å². The quantitative estimate of drug-likeness (QED) is 0.882. The van der Waals surface area contributed by atoms with Crippen LogP contribution >= 0.6 is 0 Å². The molecule has 0 aliphatic heterocycles. The van der Waals surface area contributed by atoms with Gasteiger partial charge in [0.1, 0.15) is 11.3 Å². The van der Waals surface area contributed by atoms with Crippen LogP contribution in [-0.4, -0.2) is 11.9 Å². The number of carbonyl (C=O) groups is 1. The maximum Gasteiger partial charge on any atom is 0.234 e. The Balaban J connectivity index is 2.25. The van der Waals surface area contributed by atoms with E-state index in [4.69, 9.17) is 15.4 Å². The minimum Gasteiger partial charge on any atom is -0.459 e. The lowest BCUT2D eigenvalue weighted by Gasteiger charge is -2.22. The molecule has 1 unspecified atom stereocenters. The molecular weight excluding hydrogens is 266 g/mol. The summed E-state index contributed by atoms with van der Waals surface area (Å²) in [6.45, 7) is 5.79. The van der Waals surface area contributed by atoms with Crippen molar-refractivity contribution >= 4 is 16.9 Å². The van der Waals surface area contributed by atoms with E-state index in [0.29, 0.717) is 11.3 Å². The molecule has 0 aliphatic carbocycles. The molecule has 5 nitrogen and oxygen atoms in total. The van der Waals surface area contributed by atoms with Gasteiger partial charge in [0.2, 0.25) is 5.91 Å². The number of nitrogens with two attached hydrogens (primary N) is 1. The van der Waals surface area contributed by atoms with E-state index in [1.807, 2.05) is 26.8 Å². The highest BCUT2D eigenvalue weighted by molar-refractivity contribution is 5.81. The van der Waals surface area contributed by atoms with Gasteiger partial charge in [-0.25, -0.2) is 0 Å². The molecule has 3 N–H and O–H groups in total. The lowest BCUT2D eigenvalue weighted by atomic mass is 10.0. The number of carbonyl (C=O) groups excluding carboxylic acids is 1. The van der Waals surface area contributed by atoms with E-state index < -0.39 is 6.04 Å². The van der Waals surface area contributed by atoms with Gasteiger partial charge in [-0.05, 0) is 37.1 Å². The van der Waals surface area contributed by atoms with Crippen LogP contribution in [0.15, 0.2) is 28.7 Å². The summed E-state index contributed by atoms with van der Waals surface area (Å²) in [5.74, 6) is 0.436. The van der Waals surface area contributed by atoms with Gasteiger partial charge in [0, 0.05) is 5.39 Å². The Morgan fingerprint density at radius 3 is 2.62 bits per heavy atom. The maximum absolute atomic E-state index is 11.5. The van der Waals surface area contributed by atoms with E-state index in [0.717, 1.165) is 11.0 Å². The largest absolute Gasteiger partial charge is 0.459 e. The topological polar surface area (TPSA) is 92.0 Å². The lowest BCUT2D eigenvalue weighted by Crippen LogP contribution is -2.45. The number of rotatable bonds is 5. The smallest absolute Gasteiger partial charge is 0.234 e. The average molecular weight is 285 g/mol. The van der Waals surface area contributed by atoms with Gasteiger partial charge < -0.3 is 10.2 Å². The highest BCUT2D eigenvalue weighted by Gasteiger charge is 2.23. The van der Waals surface area contributed by atoms with Gasteiger partial charge in [-0.1, -0.05) is 13.8 Å². The second-order valence-electron chi connectivity index (χ2n) is 5.53. The second kappa shape index (κ2) is 5.98. The summed E-state index contributed by atoms with van der Waals surface area (Å²) in [5, 5.41) is 13.0. The molecule has 0 aliphatic rings. The number of benzene rings is 1. The zero-order valence-corrected chi connectivity index (χ0v) is 12.4. The Morgan fingerprint density at radius 1 is 1.33 bits per heavy atom. The zero-order valence-electron chi connectivity index (χ0n) is 12.4. The van der Waals surface area contributed by atoms with Crippen molar-refractivity contribution < 1.29 is 9.21 Å². The van der Waals surface area contributed by atoms with E-state index in [1.54, 1.807) is 18.2 Å². The molecular formula is C16H19N3O2. The Kier molecular flexibility index (Phi) is 4.29. The molecule has 1 aromatic heterocycles. The fourth-order valence-electron chi connectivity index (χ4n) is 2.30. The van der Waals surface area contributed by atoms with Crippen LogP contribution in [0.5, 0.6) is 0 Å². The third-order valence-electron chi connectivity index (χ3n) is 3.49. The molecule has 1 heterocycles. The van der Waals surface area contributed by atoms with E-state index in [2.05, 4.69) is 11.4 Å². The lowest BCUT2D eigenvalue weighted by molar-refractivity contribution is -0.121. The van der Waals surface area contributed by atoms with Crippen molar-refractivity contribution in [3.05, 3.63) is 35.6 Å². The van der Waals surface area contributed by atoms with Crippen LogP contribution in [0.4, 0.5) is 0 Å². The van der Waals surface area contributed by atoms with Crippen molar-refractivity contribution in [3.8, 4) is 6.07 Å². The molecule has 2 aromatic rings. The van der Waals surface area contributed by atoms with Gasteiger partial charge in [-0.15, -0.1) is 0 Å². The Morgan fingerprint density at radius 2 is 2.05 bits per heavy atom. The normalized spacial score (nSPS) is 14.0. The number of nitriles is 1. The van der Waals surface area contributed by atoms with Crippen molar-refractivity contribution in [2.24, 2.45) is 11.7 Å². The number of nitrogens with one attached hydrogen (secondary N) is 1. The van der Waals surface area contributed by atoms with Crippen LogP contribution in [0.1, 0.15) is 38.1 Å². The first-order valence-corrected chi connectivity index (χ1v) is 6.91. The molecule has 0 bridgehead atoms. The van der Waals surface area contributed by atoms with Crippen molar-refractivity contribution in [1.29, 1.82) is 5.26 Å². The monoisotopic (exact) mass is 285 g/mol. The minimum absolute atomic E-state index is 0.0968. The number of nitrogens with zero attached hydrogens (tertiary/aromatic N) is 1. The van der Waals surface area contributed by atoms with Gasteiger partial charge in [0.05, 0.1) is 23.7 Å². The van der Waals surface area contributed by atoms with Crippen molar-refractivity contribution in [2.75, 3.05) is 0 Å². The first-order chi connectivity index (χ1) is 9.92. The summed E-state index contributed by atoms with van der Waals surface area (Å²) < 4.78 is 5.77. The molecule has 110 valence electrons. The number of primary amides is 1. The molecule has 1 amide bonds. The SMILES string of the molecule is CC(N[C@H](C(N)=O)C(C)C)c1cc2cc(C#N)ccc2o1. The average Bonchev–Trinajstić information content (AvgIpc) is 2.86. The predicted octanol–water partition coefficient (Wildman–Crippen LogP) is 2.46. The molecule has 0 fully saturated rings. The zero-order chi connectivity index (χ0) is 15.6. The van der Waals surface area contributed by atoms with Crippen LogP contribution in [0.25, 0.3) is 11.0 Å². The third kappa shape index (κ3) is 3.23. The van der Waals surface area contributed by atoms with Crippen molar-refractivity contribution in [3.63, 3.8) is 0 Å². The highest BCUT2D eigenvalue weighted by atomic mass is 16.3. The summed E-state index contributed by atoms with van der Waals surface area (Å²) in [6.07, 6.45) is 0. The number of fused-ring (bicyclic) bond motifs is 1. The molecule has 2 atom stereocenters. The van der Waals surface area contributed by atoms with Crippen LogP contribution in [-0.2, 0) is 4.79 Å². The molecule has 1 aromatic carbocycles. The van der Waals surface area contributed by atoms with Crippen LogP contribution in [0, 0.1) is 17.2 Å². The summed E-state index contributed by atoms with van der Waals surface area (Å²) in [6, 6.07) is 8.69. The fraction of sp³-hybridized carbons (Fsp3) is 0.375. The van der Waals surface area contributed by atoms with Gasteiger partial charge in [-0.2, -0.15) is 5.26 Å². The van der Waals surface area contributed by atoms with Gasteiger partial charge in [-0.3, -0.25) is 10.1 Å². The molecule has 2 rings (SSSR count). The first kappa shape index (κ1) is 15.1. The maximum atomic E-state index is 11.5. The molecule has 0 saturated carbocycles. The van der Waals surface area contributed by atoms with E-state index in [-0.39, 0.29) is 17.9 Å². The Bertz CT molecular complexity index is 697. The van der Waals surface area contributed by atoms with Crippen LogP contribution in [0.2, 0.25) is 0 Å². The molecule has 5 heteroatoms. The minimum atomic E-state index is -0.414. The van der Waals surface area contributed by atoms with Crippen LogP contribution in [0.3, 0.4) is 0 Å². The van der Waals surface area contributed by atoms with Gasteiger partial charge in [0.25, 0.3) is 0 Å². The standard InChI is InChI=1S/C16H19N3O2/c1-9(2)15(16(18)20)19-10(3)14-7-12-6-11(8-17)4-5-13(12)21-14/h4-7,9-10,15,19H,1-3H3,(H2,18,20)/t10?,15-/m0/s1. The summed E-state index contributed by atoms with van der Waals surface area (Å²) in [4.78, 5) is 11.5. The van der Waals surface area contributed by atoms with Crippen molar-refractivity contribution in [2.45, 2.75) is 32.9 Å². The second-order valence-corrected chi connectivity index (χ2v) is 5.53. The summed E-state index contributed by atoms with van der Waals surface area (Å²) in [5.41, 5.74) is 6.72. The number of hydrogen-bond donors (Lipinski definition) is 2. The predicted molar refractivity (Wildman–Crippen MR) is 80.3 cm³/mol. The Labute approximate surface area is 123 Å². The number of furan rings is 1. The molecule has 21 heavy (non-hydrogen) atoms. The van der Waals surface area contributed by atoms with E-state index in [9.17, 15) is 4.79 Å². The fourth-order valence-corrected chi connectivity index (χ4v) is 2.30. The van der Waals surface area contributed by atoms with E-state index >= 15 is 0 Å². The highest BCUT2D eigenvalue weighted by Crippen LogP contribution is 2.25. The van der Waals surface area contributed by atoms with Crippen LogP contribution < -0.4 is 11.1 Å².